The molecule has 0 heterocycles. The normalized spacial score (nSPS) is 10.1. The lowest BCUT2D eigenvalue weighted by Gasteiger charge is -2.09. The highest BCUT2D eigenvalue weighted by atomic mass is 16.6. The van der Waals surface area contributed by atoms with E-state index in [1.807, 2.05) is 0 Å². The van der Waals surface area contributed by atoms with Crippen LogP contribution in [0.15, 0.2) is 6.07 Å². The molecule has 0 radical (unpaired) electrons. The van der Waals surface area contributed by atoms with Crippen LogP contribution in [0.1, 0.15) is 18.4 Å². The van der Waals surface area contributed by atoms with Gasteiger partial charge in [-0.3, -0.25) is 25.0 Å². The molecule has 0 aliphatic rings. The summed E-state index contributed by atoms with van der Waals surface area (Å²) in [6.45, 7) is 0. The molecule has 10 heteroatoms. The van der Waals surface area contributed by atoms with Crippen LogP contribution in [0.2, 0.25) is 0 Å². The highest BCUT2D eigenvalue weighted by molar-refractivity contribution is 5.69. The van der Waals surface area contributed by atoms with Crippen molar-refractivity contribution in [2.24, 2.45) is 0 Å². The van der Waals surface area contributed by atoms with Crippen LogP contribution in [0.5, 0.6) is 11.5 Å². The van der Waals surface area contributed by atoms with E-state index >= 15 is 0 Å². The Morgan fingerprint density at radius 2 is 1.95 bits per heavy atom. The third-order valence-electron chi connectivity index (χ3n) is 2.74. The van der Waals surface area contributed by atoms with Crippen molar-refractivity contribution in [1.82, 2.24) is 0 Å². The van der Waals surface area contributed by atoms with Gasteiger partial charge in [-0.05, 0) is 12.8 Å². The van der Waals surface area contributed by atoms with Gasteiger partial charge in [0.15, 0.2) is 5.75 Å². The van der Waals surface area contributed by atoms with Gasteiger partial charge >= 0.3 is 11.7 Å². The van der Waals surface area contributed by atoms with Gasteiger partial charge in [0.2, 0.25) is 5.75 Å². The summed E-state index contributed by atoms with van der Waals surface area (Å²) in [5.41, 5.74) is -1.77. The van der Waals surface area contributed by atoms with E-state index in [2.05, 4.69) is 4.74 Å². The van der Waals surface area contributed by atoms with E-state index in [4.69, 9.17) is 5.11 Å². The Labute approximate surface area is 117 Å². The second-order valence-electron chi connectivity index (χ2n) is 4.04. The minimum absolute atomic E-state index is 0.0389. The Morgan fingerprint density at radius 1 is 1.33 bits per heavy atom. The number of carboxylic acid groups (broad SMARTS) is 1. The molecule has 114 valence electrons. The van der Waals surface area contributed by atoms with Crippen LogP contribution in [-0.4, -0.2) is 33.1 Å². The zero-order valence-electron chi connectivity index (χ0n) is 10.9. The standard InChI is InChI=1S/C11H12N2O8/c1-21-8-5-7(12(17)18)6(3-2-4-9(14)15)10(11(8)16)13(19)20/h5,16H,2-4H2,1H3,(H,14,15). The predicted molar refractivity (Wildman–Crippen MR) is 68.5 cm³/mol. The fourth-order valence-electron chi connectivity index (χ4n) is 1.84. The number of carboxylic acids is 1. The average Bonchev–Trinajstić information content (AvgIpc) is 2.37. The summed E-state index contributed by atoms with van der Waals surface area (Å²) in [4.78, 5) is 30.7. The van der Waals surface area contributed by atoms with E-state index in [0.717, 1.165) is 13.2 Å². The first-order valence-corrected chi connectivity index (χ1v) is 5.73. The molecular formula is C11H12N2O8. The predicted octanol–water partition coefficient (Wildman–Crippen LogP) is 1.62. The number of hydrogen-bond donors (Lipinski definition) is 2. The number of rotatable bonds is 7. The number of hydrogen-bond acceptors (Lipinski definition) is 7. The number of aliphatic carboxylic acids is 1. The lowest BCUT2D eigenvalue weighted by Crippen LogP contribution is -2.04. The fraction of sp³-hybridized carbons (Fsp3) is 0.364. The van der Waals surface area contributed by atoms with Crippen LogP contribution in [0.3, 0.4) is 0 Å². The minimum Gasteiger partial charge on any atom is -0.500 e. The Morgan fingerprint density at radius 3 is 2.38 bits per heavy atom. The molecule has 0 saturated carbocycles. The van der Waals surface area contributed by atoms with Crippen LogP contribution in [-0.2, 0) is 11.2 Å². The van der Waals surface area contributed by atoms with Gasteiger partial charge in [-0.25, -0.2) is 0 Å². The zero-order chi connectivity index (χ0) is 16.2. The first-order chi connectivity index (χ1) is 9.79. The number of nitro groups is 2. The lowest BCUT2D eigenvalue weighted by atomic mass is 10.0. The van der Waals surface area contributed by atoms with Crippen molar-refractivity contribution in [3.63, 3.8) is 0 Å². The van der Waals surface area contributed by atoms with Crippen molar-refractivity contribution < 1.29 is 29.6 Å². The number of benzene rings is 1. The molecule has 0 bridgehead atoms. The topological polar surface area (TPSA) is 153 Å². The van der Waals surface area contributed by atoms with Gasteiger partial charge in [-0.1, -0.05) is 0 Å². The molecule has 0 aliphatic carbocycles. The summed E-state index contributed by atoms with van der Waals surface area (Å²) in [5.74, 6) is -2.34. The van der Waals surface area contributed by atoms with Gasteiger partial charge in [0, 0.05) is 6.42 Å². The summed E-state index contributed by atoms with van der Waals surface area (Å²) in [5, 5.41) is 40.3. The molecule has 21 heavy (non-hydrogen) atoms. The molecule has 0 aliphatic heterocycles. The largest absolute Gasteiger partial charge is 0.500 e. The second-order valence-corrected chi connectivity index (χ2v) is 4.04. The Bertz CT molecular complexity index is 598. The van der Waals surface area contributed by atoms with E-state index < -0.39 is 38.7 Å². The highest BCUT2D eigenvalue weighted by Crippen LogP contribution is 2.44. The molecule has 1 rings (SSSR count). The lowest BCUT2D eigenvalue weighted by molar-refractivity contribution is -0.396. The number of ether oxygens (including phenoxy) is 1. The number of carbonyl (C=O) groups is 1. The number of nitro benzene ring substituents is 2. The number of phenolic OH excluding ortho intramolecular Hbond substituents is 1. The van der Waals surface area contributed by atoms with Crippen LogP contribution in [0.4, 0.5) is 11.4 Å². The zero-order valence-corrected chi connectivity index (χ0v) is 10.9. The summed E-state index contributed by atoms with van der Waals surface area (Å²) < 4.78 is 4.67. The van der Waals surface area contributed by atoms with Gasteiger partial charge in [0.1, 0.15) is 5.56 Å². The molecule has 0 saturated heterocycles. The molecule has 0 fully saturated rings. The SMILES string of the molecule is COc1cc([N+](=O)[O-])c(CCCC(=O)O)c([N+](=O)[O-])c1O. The minimum atomic E-state index is -1.13. The first-order valence-electron chi connectivity index (χ1n) is 5.73. The van der Waals surface area contributed by atoms with Crippen molar-refractivity contribution in [2.75, 3.05) is 7.11 Å². The maximum Gasteiger partial charge on any atom is 0.324 e. The molecule has 2 N–H and O–H groups in total. The molecule has 0 amide bonds. The Hall–Kier alpha value is -2.91. The quantitative estimate of drug-likeness (QED) is 0.568. The van der Waals surface area contributed by atoms with Crippen molar-refractivity contribution in [1.29, 1.82) is 0 Å². The van der Waals surface area contributed by atoms with Crippen molar-refractivity contribution in [3.8, 4) is 11.5 Å². The van der Waals surface area contributed by atoms with Crippen LogP contribution in [0.25, 0.3) is 0 Å². The highest BCUT2D eigenvalue weighted by Gasteiger charge is 2.32. The molecular weight excluding hydrogens is 288 g/mol. The number of nitrogens with zero attached hydrogens (tertiary/aromatic N) is 2. The van der Waals surface area contributed by atoms with Gasteiger partial charge < -0.3 is 14.9 Å². The maximum atomic E-state index is 11.0. The summed E-state index contributed by atoms with van der Waals surface area (Å²) in [6, 6.07) is 0.873. The Kier molecular flexibility index (Phi) is 5.00. The summed E-state index contributed by atoms with van der Waals surface area (Å²) >= 11 is 0. The Balaban J connectivity index is 3.41. The molecule has 0 aromatic heterocycles. The number of phenols is 1. The van der Waals surface area contributed by atoms with Crippen molar-refractivity contribution in [3.05, 3.63) is 31.9 Å². The molecule has 0 unspecified atom stereocenters. The second kappa shape index (κ2) is 6.50. The van der Waals surface area contributed by atoms with Crippen LogP contribution < -0.4 is 4.74 Å². The molecule has 1 aromatic rings. The monoisotopic (exact) mass is 300 g/mol. The molecule has 0 spiro atoms. The molecule has 1 aromatic carbocycles. The van der Waals surface area contributed by atoms with Crippen molar-refractivity contribution >= 4 is 17.3 Å². The molecule has 10 nitrogen and oxygen atoms in total. The van der Waals surface area contributed by atoms with E-state index in [1.54, 1.807) is 0 Å². The van der Waals surface area contributed by atoms with Crippen molar-refractivity contribution in [2.45, 2.75) is 19.3 Å². The van der Waals surface area contributed by atoms with E-state index in [0.29, 0.717) is 0 Å². The first kappa shape index (κ1) is 16.1. The van der Waals surface area contributed by atoms with Gasteiger partial charge in [-0.15, -0.1) is 0 Å². The van der Waals surface area contributed by atoms with Gasteiger partial charge in [-0.2, -0.15) is 0 Å². The molecule has 0 atom stereocenters. The third-order valence-corrected chi connectivity index (χ3v) is 2.74. The average molecular weight is 300 g/mol. The smallest absolute Gasteiger partial charge is 0.324 e. The van der Waals surface area contributed by atoms with E-state index in [-0.39, 0.29) is 24.8 Å². The van der Waals surface area contributed by atoms with E-state index in [9.17, 15) is 30.1 Å². The maximum absolute atomic E-state index is 11.0. The van der Waals surface area contributed by atoms with Crippen LogP contribution in [0, 0.1) is 20.2 Å². The number of methoxy groups -OCH3 is 1. The van der Waals surface area contributed by atoms with Gasteiger partial charge in [0.25, 0.3) is 5.69 Å². The van der Waals surface area contributed by atoms with Gasteiger partial charge in [0.05, 0.1) is 23.0 Å². The number of aromatic hydroxyl groups is 1. The van der Waals surface area contributed by atoms with Crippen LogP contribution >= 0.6 is 0 Å². The van der Waals surface area contributed by atoms with E-state index in [1.165, 1.54) is 0 Å². The summed E-state index contributed by atoms with van der Waals surface area (Å²) in [7, 11) is 1.10. The fourth-order valence-corrected chi connectivity index (χ4v) is 1.84. The third kappa shape index (κ3) is 3.55. The summed E-state index contributed by atoms with van der Waals surface area (Å²) in [6.07, 6.45) is -0.569.